The van der Waals surface area contributed by atoms with E-state index in [1.165, 1.54) is 12.8 Å². The smallest absolute Gasteiger partial charge is 0.225 e. The van der Waals surface area contributed by atoms with E-state index in [-0.39, 0.29) is 5.96 Å². The summed E-state index contributed by atoms with van der Waals surface area (Å²) in [7, 11) is 0. The van der Waals surface area contributed by atoms with Crippen LogP contribution < -0.4 is 27.0 Å². The minimum Gasteiger partial charge on any atom is -0.378 e. The number of nitrogens with zero attached hydrogens (tertiary/aromatic N) is 4. The van der Waals surface area contributed by atoms with Gasteiger partial charge in [-0.3, -0.25) is 5.73 Å². The zero-order valence-electron chi connectivity index (χ0n) is 16.2. The quantitative estimate of drug-likeness (QED) is 0.542. The second-order valence-electron chi connectivity index (χ2n) is 7.45. The van der Waals surface area contributed by atoms with Crippen molar-refractivity contribution in [2.75, 3.05) is 57.4 Å². The molecule has 0 aliphatic carbocycles. The number of rotatable bonds is 5. The number of likely N-dealkylation sites (tertiary alicyclic amines) is 1. The summed E-state index contributed by atoms with van der Waals surface area (Å²) in [4.78, 5) is 13.6. The number of anilines is 1. The molecule has 1 aromatic carbocycles. The van der Waals surface area contributed by atoms with E-state index in [1.807, 2.05) is 12.1 Å². The molecule has 0 spiro atoms. The van der Waals surface area contributed by atoms with Gasteiger partial charge in [0.05, 0.1) is 13.2 Å². The van der Waals surface area contributed by atoms with Crippen LogP contribution in [0.25, 0.3) is 0 Å². The lowest BCUT2D eigenvalue weighted by Gasteiger charge is -2.32. The number of morpholine rings is 1. The van der Waals surface area contributed by atoms with Crippen LogP contribution >= 0.6 is 0 Å². The second-order valence-corrected chi connectivity index (χ2v) is 7.45. The average Bonchev–Trinajstić information content (AvgIpc) is 3.22. The lowest BCUT2D eigenvalue weighted by atomic mass is 10.1. The molecular formula is C19H30N8O. The third kappa shape index (κ3) is 4.37. The predicted molar refractivity (Wildman–Crippen MR) is 111 cm³/mol. The highest BCUT2D eigenvalue weighted by molar-refractivity contribution is 5.96. The molecule has 9 heteroatoms. The highest BCUT2D eigenvalue weighted by atomic mass is 16.5. The molecule has 0 saturated carbocycles. The Labute approximate surface area is 165 Å². The molecule has 2 saturated heterocycles. The molecule has 0 bridgehead atoms. The molecule has 152 valence electrons. The van der Waals surface area contributed by atoms with Crippen molar-refractivity contribution in [2.24, 2.45) is 21.5 Å². The van der Waals surface area contributed by atoms with Crippen molar-refractivity contribution in [1.82, 2.24) is 15.5 Å². The van der Waals surface area contributed by atoms with Crippen LogP contribution in [0.2, 0.25) is 0 Å². The summed E-state index contributed by atoms with van der Waals surface area (Å²) in [5.41, 5.74) is 14.5. The monoisotopic (exact) mass is 386 g/mol. The van der Waals surface area contributed by atoms with Crippen LogP contribution in [0.3, 0.4) is 0 Å². The molecule has 0 radical (unpaired) electrons. The Bertz CT molecular complexity index is 722. The third-order valence-electron chi connectivity index (χ3n) is 5.42. The van der Waals surface area contributed by atoms with Gasteiger partial charge in [-0.25, -0.2) is 4.99 Å². The van der Waals surface area contributed by atoms with E-state index in [9.17, 15) is 0 Å². The first-order chi connectivity index (χ1) is 13.6. The van der Waals surface area contributed by atoms with Gasteiger partial charge in [-0.1, -0.05) is 12.1 Å². The van der Waals surface area contributed by atoms with Crippen LogP contribution in [0.1, 0.15) is 18.4 Å². The number of nitrogens with one attached hydrogen (secondary N) is 2. The van der Waals surface area contributed by atoms with Gasteiger partial charge in [0, 0.05) is 37.4 Å². The fraction of sp³-hybridized carbons (Fsp3) is 0.579. The van der Waals surface area contributed by atoms with Crippen molar-refractivity contribution in [3.8, 4) is 0 Å². The number of nitrogens with two attached hydrogens (primary N) is 2. The average molecular weight is 387 g/mol. The second kappa shape index (κ2) is 8.34. The van der Waals surface area contributed by atoms with E-state index in [4.69, 9.17) is 16.2 Å². The molecule has 3 aliphatic rings. The van der Waals surface area contributed by atoms with Crippen LogP contribution in [0, 0.1) is 0 Å². The third-order valence-corrected chi connectivity index (χ3v) is 5.42. The summed E-state index contributed by atoms with van der Waals surface area (Å²) in [5.74, 6) is -0.403. The first kappa shape index (κ1) is 19.0. The number of ether oxygens (including phenoxy) is 1. The first-order valence-electron chi connectivity index (χ1n) is 10.0. The van der Waals surface area contributed by atoms with Gasteiger partial charge in [0.15, 0.2) is 5.96 Å². The normalized spacial score (nSPS) is 25.8. The molecule has 9 nitrogen and oxygen atoms in total. The van der Waals surface area contributed by atoms with Gasteiger partial charge < -0.3 is 30.9 Å². The maximum atomic E-state index is 6.54. The molecule has 3 aliphatic heterocycles. The van der Waals surface area contributed by atoms with Gasteiger partial charge in [0.1, 0.15) is 0 Å². The van der Waals surface area contributed by atoms with Gasteiger partial charge in [0.2, 0.25) is 11.7 Å². The largest absolute Gasteiger partial charge is 0.378 e. The molecule has 0 amide bonds. The molecule has 2 fully saturated rings. The number of guanidine groups is 2. The van der Waals surface area contributed by atoms with Crippen molar-refractivity contribution in [3.05, 3.63) is 29.8 Å². The van der Waals surface area contributed by atoms with Crippen LogP contribution in [0.4, 0.5) is 5.69 Å². The summed E-state index contributed by atoms with van der Waals surface area (Å²) in [6.07, 6.45) is 2.56. The summed E-state index contributed by atoms with van der Waals surface area (Å²) in [6, 6.07) is 8.10. The number of benzene rings is 1. The van der Waals surface area contributed by atoms with E-state index in [1.54, 1.807) is 0 Å². The first-order valence-corrected chi connectivity index (χ1v) is 10.0. The topological polar surface area (TPSA) is 117 Å². The Morgan fingerprint density at radius 3 is 2.54 bits per heavy atom. The van der Waals surface area contributed by atoms with Gasteiger partial charge in [-0.2, -0.15) is 4.99 Å². The van der Waals surface area contributed by atoms with E-state index in [0.29, 0.717) is 5.96 Å². The van der Waals surface area contributed by atoms with Crippen LogP contribution in [0.15, 0.2) is 34.3 Å². The van der Waals surface area contributed by atoms with Gasteiger partial charge in [-0.15, -0.1) is 0 Å². The zero-order chi connectivity index (χ0) is 19.4. The molecule has 6 N–H and O–H groups in total. The Morgan fingerprint density at radius 1 is 1.11 bits per heavy atom. The summed E-state index contributed by atoms with van der Waals surface area (Å²) in [5, 5.41) is 6.27. The van der Waals surface area contributed by atoms with Crippen LogP contribution in [-0.2, 0) is 10.5 Å². The molecule has 28 heavy (non-hydrogen) atoms. The highest BCUT2D eigenvalue weighted by Gasteiger charge is 2.31. The molecule has 1 atom stereocenters. The van der Waals surface area contributed by atoms with Crippen LogP contribution in [-0.4, -0.2) is 69.3 Å². The Morgan fingerprint density at radius 2 is 1.82 bits per heavy atom. The van der Waals surface area contributed by atoms with Gasteiger partial charge in [-0.05, 0) is 38.1 Å². The molecular weight excluding hydrogens is 356 g/mol. The number of aliphatic imine (C=N–C) groups is 2. The minimum atomic E-state index is -1.13. The Kier molecular flexibility index (Phi) is 5.65. The summed E-state index contributed by atoms with van der Waals surface area (Å²) < 4.78 is 5.42. The van der Waals surface area contributed by atoms with Crippen LogP contribution in [0.5, 0.6) is 0 Å². The van der Waals surface area contributed by atoms with Crippen molar-refractivity contribution in [2.45, 2.75) is 18.6 Å². The minimum absolute atomic E-state index is 0.262. The number of hydrogen-bond donors (Lipinski definition) is 4. The van der Waals surface area contributed by atoms with E-state index in [2.05, 4.69) is 42.6 Å². The SMILES string of the molecule is NC1=NC(NCCN2CCCC2)=NC(N)(c2ccc(N3CCOCC3)cc2)N1. The lowest BCUT2D eigenvalue weighted by molar-refractivity contribution is 0.122. The molecule has 1 aromatic rings. The van der Waals surface area contributed by atoms with Crippen molar-refractivity contribution in [1.29, 1.82) is 0 Å². The van der Waals surface area contributed by atoms with Gasteiger partial charge in [0.25, 0.3) is 0 Å². The highest BCUT2D eigenvalue weighted by Crippen LogP contribution is 2.23. The van der Waals surface area contributed by atoms with Crippen molar-refractivity contribution >= 4 is 17.6 Å². The van der Waals surface area contributed by atoms with E-state index >= 15 is 0 Å². The fourth-order valence-electron chi connectivity index (χ4n) is 3.85. The van der Waals surface area contributed by atoms with Gasteiger partial charge >= 0.3 is 0 Å². The lowest BCUT2D eigenvalue weighted by Crippen LogP contribution is -2.58. The predicted octanol–water partition coefficient (Wildman–Crippen LogP) is -0.448. The molecule has 3 heterocycles. The summed E-state index contributed by atoms with van der Waals surface area (Å²) in [6.45, 7) is 7.37. The van der Waals surface area contributed by atoms with E-state index in [0.717, 1.165) is 63.7 Å². The van der Waals surface area contributed by atoms with E-state index < -0.39 is 5.79 Å². The van der Waals surface area contributed by atoms with Crippen molar-refractivity contribution < 1.29 is 4.74 Å². The maximum Gasteiger partial charge on any atom is 0.225 e. The van der Waals surface area contributed by atoms with Crippen molar-refractivity contribution in [3.63, 3.8) is 0 Å². The Balaban J connectivity index is 1.42. The maximum absolute atomic E-state index is 6.54. The summed E-state index contributed by atoms with van der Waals surface area (Å²) >= 11 is 0. The molecule has 4 rings (SSSR count). The Hall–Kier alpha value is -2.36. The molecule has 0 aromatic heterocycles. The number of hydrogen-bond acceptors (Lipinski definition) is 9. The standard InChI is InChI=1S/C19H30N8O/c20-17-23-18(22-7-10-26-8-1-2-9-26)25-19(21,24-17)15-3-5-16(6-4-15)27-11-13-28-14-12-27/h3-6H,1-2,7-14,21H2,(H4,20,22,23,24,25). The molecule has 1 unspecified atom stereocenters. The fourth-order valence-corrected chi connectivity index (χ4v) is 3.85. The zero-order valence-corrected chi connectivity index (χ0v) is 16.2.